The first-order valence-electron chi connectivity index (χ1n) is 11.0. The van der Waals surface area contributed by atoms with Crippen LogP contribution in [0.3, 0.4) is 0 Å². The van der Waals surface area contributed by atoms with Gasteiger partial charge in [-0.25, -0.2) is 9.59 Å². The molecule has 4 heteroatoms. The molecule has 162 valence electrons. The molecule has 0 fully saturated rings. The third-order valence-electron chi connectivity index (χ3n) is 4.74. The third-order valence-corrected chi connectivity index (χ3v) is 4.74. The van der Waals surface area contributed by atoms with Crippen LogP contribution < -0.4 is 0 Å². The first kappa shape index (κ1) is 26.4. The Morgan fingerprint density at radius 3 is 1.50 bits per heavy atom. The van der Waals surface area contributed by atoms with E-state index in [-0.39, 0.29) is 18.0 Å². The summed E-state index contributed by atoms with van der Waals surface area (Å²) in [7, 11) is 0. The first-order valence-corrected chi connectivity index (χ1v) is 11.0. The zero-order valence-corrected chi connectivity index (χ0v) is 18.5. The summed E-state index contributed by atoms with van der Waals surface area (Å²) >= 11 is 0. The van der Waals surface area contributed by atoms with Crippen molar-refractivity contribution in [3.8, 4) is 0 Å². The summed E-state index contributed by atoms with van der Waals surface area (Å²) in [6, 6.07) is 0. The molecule has 0 rings (SSSR count). The predicted molar refractivity (Wildman–Crippen MR) is 116 cm³/mol. The topological polar surface area (TPSA) is 52.6 Å². The molecule has 0 aliphatic heterocycles. The van der Waals surface area contributed by atoms with Crippen LogP contribution in [0.2, 0.25) is 0 Å². The van der Waals surface area contributed by atoms with Gasteiger partial charge in [0.2, 0.25) is 0 Å². The van der Waals surface area contributed by atoms with E-state index in [1.54, 1.807) is 13.8 Å². The highest BCUT2D eigenvalue weighted by Gasteiger charge is 2.09. The quantitative estimate of drug-likeness (QED) is 0.148. The van der Waals surface area contributed by atoms with E-state index < -0.39 is 0 Å². The molecule has 0 aliphatic carbocycles. The van der Waals surface area contributed by atoms with E-state index in [4.69, 9.17) is 9.47 Å². The summed E-state index contributed by atoms with van der Waals surface area (Å²) in [5, 5.41) is 0. The molecule has 0 spiro atoms. The minimum atomic E-state index is -0.279. The van der Waals surface area contributed by atoms with Gasteiger partial charge in [-0.1, -0.05) is 77.4 Å². The molecule has 0 aromatic heterocycles. The Labute approximate surface area is 172 Å². The second kappa shape index (κ2) is 17.5. The van der Waals surface area contributed by atoms with Gasteiger partial charge >= 0.3 is 11.9 Å². The summed E-state index contributed by atoms with van der Waals surface area (Å²) in [4.78, 5) is 22.6. The fourth-order valence-corrected chi connectivity index (χ4v) is 2.93. The SMILES string of the molecule is C=C(C)C(=O)OCCCCCCCCCCCCCCC(C)OC(=O)C(=C)C. The molecule has 0 amide bonds. The van der Waals surface area contributed by atoms with Crippen LogP contribution in [-0.4, -0.2) is 24.6 Å². The van der Waals surface area contributed by atoms with Crippen molar-refractivity contribution in [2.24, 2.45) is 0 Å². The normalized spacial score (nSPS) is 11.7. The Morgan fingerprint density at radius 1 is 0.679 bits per heavy atom. The first-order chi connectivity index (χ1) is 13.3. The van der Waals surface area contributed by atoms with E-state index in [1.807, 2.05) is 6.92 Å². The number of esters is 2. The Kier molecular flexibility index (Phi) is 16.5. The Balaban J connectivity index is 3.26. The summed E-state index contributed by atoms with van der Waals surface area (Å²) in [5.41, 5.74) is 0.939. The number of unbranched alkanes of at least 4 members (excludes halogenated alkanes) is 11. The highest BCUT2D eigenvalue weighted by atomic mass is 16.5. The van der Waals surface area contributed by atoms with Gasteiger partial charge in [-0.3, -0.25) is 0 Å². The maximum atomic E-state index is 11.4. The van der Waals surface area contributed by atoms with Crippen LogP contribution in [0.25, 0.3) is 0 Å². The van der Waals surface area contributed by atoms with Gasteiger partial charge in [0.25, 0.3) is 0 Å². The number of ether oxygens (including phenoxy) is 2. The lowest BCUT2D eigenvalue weighted by Gasteiger charge is -2.12. The molecule has 4 nitrogen and oxygen atoms in total. The zero-order chi connectivity index (χ0) is 21.2. The number of hydrogen-bond acceptors (Lipinski definition) is 4. The van der Waals surface area contributed by atoms with Crippen LogP contribution in [0.5, 0.6) is 0 Å². The highest BCUT2D eigenvalue weighted by molar-refractivity contribution is 5.87. The highest BCUT2D eigenvalue weighted by Crippen LogP contribution is 2.14. The molecular formula is C24H42O4. The van der Waals surface area contributed by atoms with E-state index in [1.165, 1.54) is 57.8 Å². The van der Waals surface area contributed by atoms with E-state index in [2.05, 4.69) is 13.2 Å². The minimum Gasteiger partial charge on any atom is -0.462 e. The smallest absolute Gasteiger partial charge is 0.333 e. The standard InChI is InChI=1S/C24H42O4/c1-20(2)23(25)27-19-17-15-13-11-9-7-6-8-10-12-14-16-18-22(5)28-24(26)21(3)4/h22H,1,3,6-19H2,2,4-5H3. The molecule has 0 saturated heterocycles. The molecule has 0 aliphatic rings. The van der Waals surface area contributed by atoms with Crippen molar-refractivity contribution in [3.63, 3.8) is 0 Å². The number of hydrogen-bond donors (Lipinski definition) is 0. The molecule has 0 bridgehead atoms. The molecule has 1 unspecified atom stereocenters. The lowest BCUT2D eigenvalue weighted by Crippen LogP contribution is -2.15. The van der Waals surface area contributed by atoms with Crippen LogP contribution in [0.1, 0.15) is 104 Å². The fraction of sp³-hybridized carbons (Fsp3) is 0.750. The second-order valence-corrected chi connectivity index (χ2v) is 7.94. The molecular weight excluding hydrogens is 352 g/mol. The van der Waals surface area contributed by atoms with Gasteiger partial charge in [0, 0.05) is 11.1 Å². The van der Waals surface area contributed by atoms with Gasteiger partial charge < -0.3 is 9.47 Å². The third kappa shape index (κ3) is 16.6. The van der Waals surface area contributed by atoms with Gasteiger partial charge in [-0.05, 0) is 40.0 Å². The maximum absolute atomic E-state index is 11.4. The minimum absolute atomic E-state index is 0.0117. The Hall–Kier alpha value is -1.58. The van der Waals surface area contributed by atoms with Gasteiger partial charge in [0.05, 0.1) is 12.7 Å². The number of carbonyl (C=O) groups excluding carboxylic acids is 2. The average molecular weight is 395 g/mol. The van der Waals surface area contributed by atoms with Crippen molar-refractivity contribution in [2.45, 2.75) is 110 Å². The van der Waals surface area contributed by atoms with Crippen LogP contribution in [-0.2, 0) is 19.1 Å². The Morgan fingerprint density at radius 2 is 1.07 bits per heavy atom. The van der Waals surface area contributed by atoms with Crippen molar-refractivity contribution in [1.82, 2.24) is 0 Å². The lowest BCUT2D eigenvalue weighted by molar-refractivity contribution is -0.143. The van der Waals surface area contributed by atoms with E-state index >= 15 is 0 Å². The van der Waals surface area contributed by atoms with Gasteiger partial charge in [-0.15, -0.1) is 0 Å². The van der Waals surface area contributed by atoms with Gasteiger partial charge in [0.1, 0.15) is 0 Å². The summed E-state index contributed by atoms with van der Waals surface area (Å²) in [6.07, 6.45) is 15.7. The molecule has 0 aromatic rings. The van der Waals surface area contributed by atoms with Crippen molar-refractivity contribution in [2.75, 3.05) is 6.61 Å². The van der Waals surface area contributed by atoms with E-state index in [0.29, 0.717) is 17.8 Å². The number of carbonyl (C=O) groups is 2. The van der Waals surface area contributed by atoms with Crippen molar-refractivity contribution in [1.29, 1.82) is 0 Å². The van der Waals surface area contributed by atoms with Crippen LogP contribution in [0, 0.1) is 0 Å². The van der Waals surface area contributed by atoms with Crippen LogP contribution >= 0.6 is 0 Å². The van der Waals surface area contributed by atoms with Crippen molar-refractivity contribution >= 4 is 11.9 Å². The van der Waals surface area contributed by atoms with E-state index in [9.17, 15) is 9.59 Å². The summed E-state index contributed by atoms with van der Waals surface area (Å²) in [5.74, 6) is -0.556. The van der Waals surface area contributed by atoms with Crippen LogP contribution in [0.4, 0.5) is 0 Å². The second-order valence-electron chi connectivity index (χ2n) is 7.94. The number of rotatable bonds is 18. The monoisotopic (exact) mass is 394 g/mol. The fourth-order valence-electron chi connectivity index (χ4n) is 2.93. The average Bonchev–Trinajstić information content (AvgIpc) is 2.64. The lowest BCUT2D eigenvalue weighted by atomic mass is 10.0. The summed E-state index contributed by atoms with van der Waals surface area (Å²) < 4.78 is 10.4. The van der Waals surface area contributed by atoms with E-state index in [0.717, 1.165) is 25.7 Å². The largest absolute Gasteiger partial charge is 0.462 e. The Bertz CT molecular complexity index is 467. The predicted octanol–water partition coefficient (Wildman–Crippen LogP) is 6.68. The molecule has 0 N–H and O–H groups in total. The van der Waals surface area contributed by atoms with Crippen LogP contribution in [0.15, 0.2) is 24.3 Å². The maximum Gasteiger partial charge on any atom is 0.333 e. The summed E-state index contributed by atoms with van der Waals surface area (Å²) in [6.45, 7) is 13.0. The molecule has 0 heterocycles. The molecule has 0 saturated carbocycles. The zero-order valence-electron chi connectivity index (χ0n) is 18.5. The van der Waals surface area contributed by atoms with Crippen molar-refractivity contribution in [3.05, 3.63) is 24.3 Å². The van der Waals surface area contributed by atoms with Gasteiger partial charge in [-0.2, -0.15) is 0 Å². The molecule has 1 atom stereocenters. The molecule has 0 aromatic carbocycles. The molecule has 28 heavy (non-hydrogen) atoms. The van der Waals surface area contributed by atoms with Gasteiger partial charge in [0.15, 0.2) is 0 Å². The van der Waals surface area contributed by atoms with Crippen molar-refractivity contribution < 1.29 is 19.1 Å². The molecule has 0 radical (unpaired) electrons.